The fourth-order valence-corrected chi connectivity index (χ4v) is 7.55. The average molecular weight is 899 g/mol. The zero-order valence-corrected chi connectivity index (χ0v) is 34.4. The van der Waals surface area contributed by atoms with E-state index in [1.54, 1.807) is 36.4 Å². The lowest BCUT2D eigenvalue weighted by atomic mass is 10.00. The van der Waals surface area contributed by atoms with Crippen molar-refractivity contribution in [3.8, 4) is 28.8 Å². The number of carbonyl (C=O) groups is 5. The van der Waals surface area contributed by atoms with E-state index in [4.69, 9.17) is 21.1 Å². The van der Waals surface area contributed by atoms with E-state index in [0.717, 1.165) is 22.6 Å². The van der Waals surface area contributed by atoms with Gasteiger partial charge in [0, 0.05) is 41.3 Å². The number of amides is 5. The maximum Gasteiger partial charge on any atom is 0.416 e. The summed E-state index contributed by atoms with van der Waals surface area (Å²) >= 11 is 6.13. The summed E-state index contributed by atoms with van der Waals surface area (Å²) in [4.78, 5) is 70.6. The van der Waals surface area contributed by atoms with Gasteiger partial charge in [0.05, 0.1) is 34.3 Å². The molecule has 1 fully saturated rings. The second kappa shape index (κ2) is 18.2. The Morgan fingerprint density at radius 1 is 0.906 bits per heavy atom. The van der Waals surface area contributed by atoms with E-state index >= 15 is 0 Å². The number of halogens is 4. The topological polar surface area (TPSA) is 210 Å². The second-order valence-corrected chi connectivity index (χ2v) is 15.3. The van der Waals surface area contributed by atoms with Crippen molar-refractivity contribution in [2.45, 2.75) is 37.9 Å². The molecule has 0 spiro atoms. The number of rotatable bonds is 16. The zero-order chi connectivity index (χ0) is 45.1. The molecule has 2 aliphatic rings. The number of aromatic amines is 1. The van der Waals surface area contributed by atoms with Gasteiger partial charge in [-0.2, -0.15) is 23.0 Å². The molecule has 5 amide bonds. The van der Waals surface area contributed by atoms with Gasteiger partial charge in [0.2, 0.25) is 29.5 Å². The zero-order valence-electron chi connectivity index (χ0n) is 33.6. The molecule has 0 aliphatic carbocycles. The van der Waals surface area contributed by atoms with Gasteiger partial charge in [-0.3, -0.25) is 34.2 Å². The van der Waals surface area contributed by atoms with Crippen LogP contribution in [0.5, 0.6) is 11.6 Å². The molecule has 4 aromatic carbocycles. The number of nitrogens with zero attached hydrogens (tertiary/aromatic N) is 4. The number of carbonyl (C=O) groups excluding carboxylic acids is 5. The van der Waals surface area contributed by atoms with Crippen LogP contribution in [0.1, 0.15) is 50.2 Å². The first-order valence-electron chi connectivity index (χ1n) is 20.0. The lowest BCUT2D eigenvalue weighted by molar-refractivity contribution is -0.138. The number of fused-ring (bicyclic) bond motifs is 2. The standard InChI is InChI=1S/C44H38ClF3N8O8/c45-27-8-14-33-34(21-27)52-43(51-33)56-42(62)31(38(54-56)25-4-6-26(7-5-25)44(46,47)48)12-3-24-1-10-29(11-2-24)64-20-19-63-23-37(58)50-18-17-49-28-9-13-30-32(22-28)41(61)55(40(30)60)35-15-16-36(57)53-39(35)59/h1-2,4-11,13-14,21-22,35,49,62H,3,12,15-20,23H2,(H,50,58)(H,51,52)(H,53,57,59). The van der Waals surface area contributed by atoms with E-state index in [-0.39, 0.29) is 74.5 Å². The van der Waals surface area contributed by atoms with Crippen LogP contribution in [0.2, 0.25) is 5.02 Å². The van der Waals surface area contributed by atoms with Gasteiger partial charge in [0.15, 0.2) is 0 Å². The minimum Gasteiger partial charge on any atom is -0.493 e. The molecule has 1 unspecified atom stereocenters. The molecule has 2 aromatic heterocycles. The number of imidazole rings is 1. The molecule has 0 radical (unpaired) electrons. The largest absolute Gasteiger partial charge is 0.493 e. The quantitative estimate of drug-likeness (QED) is 0.0596. The van der Waals surface area contributed by atoms with Gasteiger partial charge in [0.25, 0.3) is 11.8 Å². The predicted molar refractivity (Wildman–Crippen MR) is 225 cm³/mol. The summed E-state index contributed by atoms with van der Waals surface area (Å²) in [5.74, 6) is -2.18. The first-order chi connectivity index (χ1) is 30.7. The van der Waals surface area contributed by atoms with E-state index in [1.165, 1.54) is 28.9 Å². The first kappa shape index (κ1) is 43.4. The minimum atomic E-state index is -4.52. The molecule has 6 aromatic rings. The maximum absolute atomic E-state index is 13.3. The van der Waals surface area contributed by atoms with Gasteiger partial charge in [-0.25, -0.2) is 4.98 Å². The van der Waals surface area contributed by atoms with Crippen LogP contribution in [0.4, 0.5) is 18.9 Å². The highest BCUT2D eigenvalue weighted by Gasteiger charge is 2.44. The van der Waals surface area contributed by atoms with Crippen LogP contribution in [0.25, 0.3) is 28.2 Å². The molecule has 0 bridgehead atoms. The number of hydrogen-bond donors (Lipinski definition) is 5. The molecular formula is C44H38ClF3N8O8. The maximum atomic E-state index is 13.3. The summed E-state index contributed by atoms with van der Waals surface area (Å²) in [5.41, 5.74) is 3.18. The number of imide groups is 2. The lowest BCUT2D eigenvalue weighted by Gasteiger charge is -2.27. The number of benzene rings is 4. The molecule has 1 atom stereocenters. The predicted octanol–water partition coefficient (Wildman–Crippen LogP) is 5.60. The number of hydrogen-bond acceptors (Lipinski definition) is 11. The molecular weight excluding hydrogens is 861 g/mol. The van der Waals surface area contributed by atoms with Gasteiger partial charge in [-0.05, 0) is 85.5 Å². The van der Waals surface area contributed by atoms with Gasteiger partial charge in [0.1, 0.15) is 30.7 Å². The monoisotopic (exact) mass is 898 g/mol. The molecule has 330 valence electrons. The Morgan fingerprint density at radius 2 is 1.67 bits per heavy atom. The third kappa shape index (κ3) is 9.40. The fourth-order valence-electron chi connectivity index (χ4n) is 7.38. The third-order valence-corrected chi connectivity index (χ3v) is 10.8. The van der Waals surface area contributed by atoms with Gasteiger partial charge in [-0.1, -0.05) is 35.9 Å². The number of piperidine rings is 1. The van der Waals surface area contributed by atoms with E-state index in [1.807, 2.05) is 12.1 Å². The minimum absolute atomic E-state index is 0.0260. The van der Waals surface area contributed by atoms with Crippen molar-refractivity contribution in [3.05, 3.63) is 118 Å². The Kier molecular flexibility index (Phi) is 12.4. The Bertz CT molecular complexity index is 2770. The summed E-state index contributed by atoms with van der Waals surface area (Å²) in [7, 11) is 0. The van der Waals surface area contributed by atoms with E-state index in [2.05, 4.69) is 31.0 Å². The van der Waals surface area contributed by atoms with Gasteiger partial charge >= 0.3 is 6.18 Å². The summed E-state index contributed by atoms with van der Waals surface area (Å²) in [5, 5.41) is 24.4. The van der Waals surface area contributed by atoms with Crippen LogP contribution >= 0.6 is 11.6 Å². The Morgan fingerprint density at radius 3 is 2.42 bits per heavy atom. The molecule has 0 saturated carbocycles. The van der Waals surface area contributed by atoms with Crippen molar-refractivity contribution in [2.24, 2.45) is 0 Å². The summed E-state index contributed by atoms with van der Waals surface area (Å²) in [6.45, 7) is 0.598. The normalized spacial score (nSPS) is 15.1. The number of aryl methyl sites for hydroxylation is 1. The van der Waals surface area contributed by atoms with Crippen molar-refractivity contribution in [2.75, 3.05) is 38.2 Å². The number of anilines is 1. The second-order valence-electron chi connectivity index (χ2n) is 14.9. The van der Waals surface area contributed by atoms with Crippen LogP contribution < -0.4 is 20.7 Å². The first-order valence-corrected chi connectivity index (χ1v) is 20.4. The molecule has 1 saturated heterocycles. The highest BCUT2D eigenvalue weighted by molar-refractivity contribution is 6.31. The van der Waals surface area contributed by atoms with Crippen LogP contribution in [0.3, 0.4) is 0 Å². The molecule has 64 heavy (non-hydrogen) atoms. The summed E-state index contributed by atoms with van der Waals surface area (Å²) < 4.78 is 52.4. The lowest BCUT2D eigenvalue weighted by Crippen LogP contribution is -2.54. The molecule has 5 N–H and O–H groups in total. The Labute approximate surface area is 366 Å². The number of ether oxygens (including phenoxy) is 2. The van der Waals surface area contributed by atoms with Crippen molar-refractivity contribution in [3.63, 3.8) is 0 Å². The molecule has 16 nitrogen and oxygen atoms in total. The Hall–Kier alpha value is -7.25. The fraction of sp³-hybridized carbons (Fsp3) is 0.250. The van der Waals surface area contributed by atoms with E-state index in [0.29, 0.717) is 57.3 Å². The number of aromatic hydroxyl groups is 1. The Balaban J connectivity index is 0.783. The molecule has 8 rings (SSSR count). The number of H-pyrrole nitrogens is 1. The van der Waals surface area contributed by atoms with Crippen LogP contribution in [0.15, 0.2) is 84.9 Å². The van der Waals surface area contributed by atoms with Crippen LogP contribution in [-0.4, -0.2) is 98.2 Å². The average Bonchev–Trinajstić information content (AvgIpc) is 3.91. The van der Waals surface area contributed by atoms with Crippen molar-refractivity contribution in [1.82, 2.24) is 35.3 Å². The number of nitrogens with one attached hydrogen (secondary N) is 4. The van der Waals surface area contributed by atoms with E-state index in [9.17, 15) is 42.3 Å². The van der Waals surface area contributed by atoms with Gasteiger partial charge in [-0.15, -0.1) is 0 Å². The SMILES string of the molecule is O=C(COCCOc1ccc(CCc2c(-c3ccc(C(F)(F)F)cc3)nn(-c3nc4cc(Cl)ccc4[nH]3)c2O)cc1)NCCNc1ccc2c(c1)C(=O)N(C1CCC(=O)NC1=O)C2=O. The van der Waals surface area contributed by atoms with Crippen molar-refractivity contribution >= 4 is 57.9 Å². The third-order valence-electron chi connectivity index (χ3n) is 10.6. The van der Waals surface area contributed by atoms with Crippen LogP contribution in [0, 0.1) is 0 Å². The number of alkyl halides is 3. The molecule has 20 heteroatoms. The molecule has 2 aliphatic heterocycles. The molecule has 4 heterocycles. The summed E-state index contributed by atoms with van der Waals surface area (Å²) in [6, 6.07) is 20.4. The van der Waals surface area contributed by atoms with E-state index < -0.39 is 41.4 Å². The van der Waals surface area contributed by atoms with Gasteiger partial charge < -0.3 is 30.2 Å². The smallest absolute Gasteiger partial charge is 0.416 e. The van der Waals surface area contributed by atoms with Crippen molar-refractivity contribution < 1.29 is 51.7 Å². The number of aromatic nitrogens is 4. The summed E-state index contributed by atoms with van der Waals surface area (Å²) in [6.07, 6.45) is -3.71. The highest BCUT2D eigenvalue weighted by Crippen LogP contribution is 2.36. The highest BCUT2D eigenvalue weighted by atomic mass is 35.5. The van der Waals surface area contributed by atoms with Crippen LogP contribution in [-0.2, 0) is 38.1 Å². The van der Waals surface area contributed by atoms with Crippen molar-refractivity contribution in [1.29, 1.82) is 0 Å².